The predicted molar refractivity (Wildman–Crippen MR) is 76.8 cm³/mol. The molecule has 0 saturated carbocycles. The van der Waals surface area contributed by atoms with Crippen LogP contribution < -0.4 is 5.32 Å². The zero-order chi connectivity index (χ0) is 13.7. The molecule has 5 nitrogen and oxygen atoms in total. The van der Waals surface area contributed by atoms with Crippen LogP contribution in [0.3, 0.4) is 0 Å². The fraction of sp³-hybridized carbons (Fsp3) is 0.0769. The van der Waals surface area contributed by atoms with Crippen molar-refractivity contribution in [2.45, 2.75) is 0 Å². The van der Waals surface area contributed by atoms with Crippen molar-refractivity contribution < 1.29 is 18.7 Å². The first-order chi connectivity index (χ1) is 9.16. The second kappa shape index (κ2) is 6.37. The Morgan fingerprint density at radius 2 is 2.00 bits per heavy atom. The lowest BCUT2D eigenvalue weighted by Crippen LogP contribution is -2.21. The van der Waals surface area contributed by atoms with Crippen molar-refractivity contribution in [3.63, 3.8) is 0 Å². The van der Waals surface area contributed by atoms with E-state index in [1.165, 1.54) is 12.3 Å². The molecule has 0 aliphatic rings. The van der Waals surface area contributed by atoms with Gasteiger partial charge in [0.25, 0.3) is 5.91 Å². The maximum atomic E-state index is 11.6. The van der Waals surface area contributed by atoms with Gasteiger partial charge in [0.1, 0.15) is 0 Å². The number of hydrogen-bond donors (Lipinski definition) is 1. The van der Waals surface area contributed by atoms with Crippen molar-refractivity contribution in [1.29, 1.82) is 0 Å². The molecular formula is C13H10INO4. The Labute approximate surface area is 123 Å². The first-order valence-electron chi connectivity index (χ1n) is 5.42. The third-order valence-corrected chi connectivity index (χ3v) is 3.15. The summed E-state index contributed by atoms with van der Waals surface area (Å²) in [7, 11) is 0. The summed E-state index contributed by atoms with van der Waals surface area (Å²) in [5.74, 6) is -0.992. The largest absolute Gasteiger partial charge is 0.457 e. The van der Waals surface area contributed by atoms with Crippen molar-refractivity contribution in [1.82, 2.24) is 0 Å². The van der Waals surface area contributed by atoms with E-state index in [1.807, 2.05) is 18.2 Å². The number of amides is 1. The van der Waals surface area contributed by atoms with Crippen LogP contribution in [0.4, 0.5) is 5.69 Å². The van der Waals surface area contributed by atoms with Gasteiger partial charge in [-0.15, -0.1) is 0 Å². The van der Waals surface area contributed by atoms with Gasteiger partial charge in [0, 0.05) is 3.57 Å². The summed E-state index contributed by atoms with van der Waals surface area (Å²) >= 11 is 2.11. The van der Waals surface area contributed by atoms with Gasteiger partial charge in [0.05, 0.1) is 12.0 Å². The minimum Gasteiger partial charge on any atom is -0.457 e. The Balaban J connectivity index is 1.86. The van der Waals surface area contributed by atoms with E-state index in [9.17, 15) is 9.59 Å². The highest BCUT2D eigenvalue weighted by molar-refractivity contribution is 14.1. The van der Waals surface area contributed by atoms with Crippen molar-refractivity contribution in [3.05, 3.63) is 52.0 Å². The smallest absolute Gasteiger partial charge is 0.374 e. The highest BCUT2D eigenvalue weighted by Gasteiger charge is 2.12. The van der Waals surface area contributed by atoms with Crippen LogP contribution >= 0.6 is 22.6 Å². The second-order valence-electron chi connectivity index (χ2n) is 3.58. The van der Waals surface area contributed by atoms with Gasteiger partial charge in [0.15, 0.2) is 6.61 Å². The summed E-state index contributed by atoms with van der Waals surface area (Å²) in [6.07, 6.45) is 1.36. The molecule has 0 bridgehead atoms. The summed E-state index contributed by atoms with van der Waals surface area (Å²) < 4.78 is 10.6. The number of ether oxygens (including phenoxy) is 1. The number of hydrogen-bond acceptors (Lipinski definition) is 4. The lowest BCUT2D eigenvalue weighted by atomic mass is 10.3. The van der Waals surface area contributed by atoms with E-state index in [0.717, 1.165) is 3.57 Å². The third kappa shape index (κ3) is 3.82. The Kier molecular flexibility index (Phi) is 4.56. The molecule has 2 rings (SSSR count). The standard InChI is InChI=1S/C13H10INO4/c14-9-4-1-2-5-10(9)15-12(16)8-19-13(17)11-6-3-7-18-11/h1-7H,8H2,(H,15,16). The van der Waals surface area contributed by atoms with Crippen LogP contribution in [0.5, 0.6) is 0 Å². The fourth-order valence-electron chi connectivity index (χ4n) is 1.35. The second-order valence-corrected chi connectivity index (χ2v) is 4.74. The molecular weight excluding hydrogens is 361 g/mol. The minimum absolute atomic E-state index is 0.0714. The Morgan fingerprint density at radius 1 is 1.21 bits per heavy atom. The molecule has 0 atom stereocenters. The quantitative estimate of drug-likeness (QED) is 0.663. The van der Waals surface area contributed by atoms with Gasteiger partial charge in [-0.05, 0) is 46.9 Å². The predicted octanol–water partition coefficient (Wildman–Crippen LogP) is 2.68. The number of furan rings is 1. The van der Waals surface area contributed by atoms with Crippen LogP contribution in [0.15, 0.2) is 47.1 Å². The number of benzene rings is 1. The number of halogens is 1. The molecule has 1 aromatic heterocycles. The molecule has 1 aromatic carbocycles. The van der Waals surface area contributed by atoms with E-state index in [1.54, 1.807) is 12.1 Å². The van der Waals surface area contributed by atoms with Crippen LogP contribution in [0, 0.1) is 3.57 Å². The van der Waals surface area contributed by atoms with E-state index < -0.39 is 11.9 Å². The summed E-state index contributed by atoms with van der Waals surface area (Å²) in [5, 5.41) is 2.66. The number of anilines is 1. The van der Waals surface area contributed by atoms with E-state index in [0.29, 0.717) is 5.69 Å². The van der Waals surface area contributed by atoms with Crippen LogP contribution in [-0.4, -0.2) is 18.5 Å². The zero-order valence-electron chi connectivity index (χ0n) is 9.76. The lowest BCUT2D eigenvalue weighted by Gasteiger charge is -2.07. The first kappa shape index (κ1) is 13.6. The lowest BCUT2D eigenvalue weighted by molar-refractivity contribution is -0.119. The van der Waals surface area contributed by atoms with Gasteiger partial charge in [-0.25, -0.2) is 4.79 Å². The number of nitrogens with one attached hydrogen (secondary N) is 1. The van der Waals surface area contributed by atoms with E-state index in [4.69, 9.17) is 9.15 Å². The molecule has 19 heavy (non-hydrogen) atoms. The summed E-state index contributed by atoms with van der Waals surface area (Å²) in [5.41, 5.74) is 0.683. The van der Waals surface area contributed by atoms with Crippen molar-refractivity contribution >= 4 is 40.2 Å². The van der Waals surface area contributed by atoms with E-state index >= 15 is 0 Å². The van der Waals surface area contributed by atoms with Crippen molar-refractivity contribution in [2.75, 3.05) is 11.9 Å². The van der Waals surface area contributed by atoms with Crippen molar-refractivity contribution in [3.8, 4) is 0 Å². The first-order valence-corrected chi connectivity index (χ1v) is 6.49. The fourth-order valence-corrected chi connectivity index (χ4v) is 1.87. The Bertz CT molecular complexity index is 580. The summed E-state index contributed by atoms with van der Waals surface area (Å²) in [6, 6.07) is 10.4. The molecule has 1 amide bonds. The normalized spacial score (nSPS) is 9.95. The number of esters is 1. The SMILES string of the molecule is O=C(COC(=O)c1ccco1)Nc1ccccc1I. The highest BCUT2D eigenvalue weighted by atomic mass is 127. The van der Waals surface area contributed by atoms with Crippen LogP contribution in [-0.2, 0) is 9.53 Å². The minimum atomic E-state index is -0.664. The molecule has 2 aromatic rings. The monoisotopic (exact) mass is 371 g/mol. The maximum absolute atomic E-state index is 11.6. The molecule has 1 heterocycles. The van der Waals surface area contributed by atoms with E-state index in [-0.39, 0.29) is 12.4 Å². The molecule has 1 N–H and O–H groups in total. The number of carbonyl (C=O) groups excluding carboxylic acids is 2. The molecule has 0 fully saturated rings. The van der Waals surface area contributed by atoms with Gasteiger partial charge < -0.3 is 14.5 Å². The average molecular weight is 371 g/mol. The topological polar surface area (TPSA) is 68.5 Å². The summed E-state index contributed by atoms with van der Waals surface area (Å²) in [4.78, 5) is 23.0. The molecule has 0 radical (unpaired) electrons. The van der Waals surface area contributed by atoms with Gasteiger partial charge in [-0.2, -0.15) is 0 Å². The molecule has 0 spiro atoms. The van der Waals surface area contributed by atoms with Gasteiger partial charge >= 0.3 is 5.97 Å². The van der Waals surface area contributed by atoms with Gasteiger partial charge in [-0.1, -0.05) is 12.1 Å². The van der Waals surface area contributed by atoms with Gasteiger partial charge in [-0.3, -0.25) is 4.79 Å². The zero-order valence-corrected chi connectivity index (χ0v) is 11.9. The molecule has 6 heteroatoms. The molecule has 0 saturated heterocycles. The molecule has 98 valence electrons. The van der Waals surface area contributed by atoms with E-state index in [2.05, 4.69) is 27.9 Å². The number of para-hydroxylation sites is 1. The van der Waals surface area contributed by atoms with Gasteiger partial charge in [0.2, 0.25) is 5.76 Å². The molecule has 0 aliphatic heterocycles. The third-order valence-electron chi connectivity index (χ3n) is 2.20. The number of carbonyl (C=O) groups is 2. The van der Waals surface area contributed by atoms with Crippen LogP contribution in [0.1, 0.15) is 10.6 Å². The summed E-state index contributed by atoms with van der Waals surface area (Å²) in [6.45, 7) is -0.357. The molecule has 0 unspecified atom stereocenters. The van der Waals surface area contributed by atoms with Crippen LogP contribution in [0.25, 0.3) is 0 Å². The molecule has 0 aliphatic carbocycles. The highest BCUT2D eigenvalue weighted by Crippen LogP contribution is 2.16. The average Bonchev–Trinajstić information content (AvgIpc) is 2.93. The Morgan fingerprint density at radius 3 is 2.68 bits per heavy atom. The van der Waals surface area contributed by atoms with Crippen LogP contribution in [0.2, 0.25) is 0 Å². The maximum Gasteiger partial charge on any atom is 0.374 e. The number of rotatable bonds is 4. The van der Waals surface area contributed by atoms with Crippen molar-refractivity contribution in [2.24, 2.45) is 0 Å². The Hall–Kier alpha value is -1.83.